The molecule has 1 atom stereocenters. The molecule has 0 saturated carbocycles. The van der Waals surface area contributed by atoms with Crippen molar-refractivity contribution >= 4 is 5.91 Å². The Morgan fingerprint density at radius 2 is 2.40 bits per heavy atom. The van der Waals surface area contributed by atoms with Gasteiger partial charge in [-0.3, -0.25) is 4.79 Å². The SMILES string of the molecule is CN(C)C[C@@H]1CNC(=O)C1. The van der Waals surface area contributed by atoms with Gasteiger partial charge in [0.2, 0.25) is 5.91 Å². The van der Waals surface area contributed by atoms with E-state index in [4.69, 9.17) is 0 Å². The Morgan fingerprint density at radius 3 is 2.80 bits per heavy atom. The van der Waals surface area contributed by atoms with E-state index in [0.717, 1.165) is 13.1 Å². The van der Waals surface area contributed by atoms with Crippen LogP contribution in [0.3, 0.4) is 0 Å². The molecule has 1 fully saturated rings. The van der Waals surface area contributed by atoms with Crippen LogP contribution >= 0.6 is 0 Å². The average molecular weight is 142 g/mol. The molecule has 1 aliphatic rings. The van der Waals surface area contributed by atoms with Crippen LogP contribution in [-0.4, -0.2) is 38.0 Å². The maximum Gasteiger partial charge on any atom is 0.220 e. The predicted molar refractivity (Wildman–Crippen MR) is 39.7 cm³/mol. The van der Waals surface area contributed by atoms with Gasteiger partial charge in [0, 0.05) is 19.5 Å². The van der Waals surface area contributed by atoms with Gasteiger partial charge >= 0.3 is 0 Å². The van der Waals surface area contributed by atoms with Gasteiger partial charge in [-0.25, -0.2) is 0 Å². The summed E-state index contributed by atoms with van der Waals surface area (Å²) in [5.74, 6) is 0.731. The standard InChI is InChI=1S/C7H14N2O/c1-9(2)5-6-3-7(10)8-4-6/h6H,3-5H2,1-2H3,(H,8,10)/t6-/m0/s1. The van der Waals surface area contributed by atoms with E-state index in [1.165, 1.54) is 0 Å². The fraction of sp³-hybridized carbons (Fsp3) is 0.857. The van der Waals surface area contributed by atoms with Gasteiger partial charge in [0.15, 0.2) is 0 Å². The van der Waals surface area contributed by atoms with Gasteiger partial charge < -0.3 is 10.2 Å². The van der Waals surface area contributed by atoms with Crippen LogP contribution in [-0.2, 0) is 4.79 Å². The highest BCUT2D eigenvalue weighted by atomic mass is 16.1. The van der Waals surface area contributed by atoms with Crippen molar-refractivity contribution in [2.24, 2.45) is 5.92 Å². The Morgan fingerprint density at radius 1 is 1.70 bits per heavy atom. The van der Waals surface area contributed by atoms with Gasteiger partial charge in [-0.05, 0) is 20.0 Å². The highest BCUT2D eigenvalue weighted by molar-refractivity contribution is 5.78. The van der Waals surface area contributed by atoms with Gasteiger partial charge in [0.1, 0.15) is 0 Å². The van der Waals surface area contributed by atoms with Crippen LogP contribution in [0.2, 0.25) is 0 Å². The van der Waals surface area contributed by atoms with E-state index < -0.39 is 0 Å². The van der Waals surface area contributed by atoms with E-state index >= 15 is 0 Å². The van der Waals surface area contributed by atoms with E-state index in [2.05, 4.69) is 10.2 Å². The van der Waals surface area contributed by atoms with Gasteiger partial charge in [-0.2, -0.15) is 0 Å². The Hall–Kier alpha value is -0.570. The van der Waals surface area contributed by atoms with Crippen molar-refractivity contribution < 1.29 is 4.79 Å². The summed E-state index contributed by atoms with van der Waals surface area (Å²) in [5, 5.41) is 2.81. The van der Waals surface area contributed by atoms with E-state index in [9.17, 15) is 4.79 Å². The molecule has 0 bridgehead atoms. The zero-order valence-corrected chi connectivity index (χ0v) is 6.55. The largest absolute Gasteiger partial charge is 0.356 e. The number of amides is 1. The van der Waals surface area contributed by atoms with E-state index in [1.54, 1.807) is 0 Å². The molecule has 1 rings (SSSR count). The number of rotatable bonds is 2. The lowest BCUT2D eigenvalue weighted by molar-refractivity contribution is -0.119. The molecule has 1 aliphatic heterocycles. The molecule has 10 heavy (non-hydrogen) atoms. The minimum atomic E-state index is 0.201. The summed E-state index contributed by atoms with van der Waals surface area (Å²) in [6.45, 7) is 1.87. The van der Waals surface area contributed by atoms with Crippen molar-refractivity contribution in [1.29, 1.82) is 0 Å². The van der Waals surface area contributed by atoms with E-state index in [0.29, 0.717) is 12.3 Å². The van der Waals surface area contributed by atoms with Crippen molar-refractivity contribution in [3.8, 4) is 0 Å². The predicted octanol–water partition coefficient (Wildman–Crippen LogP) is -0.316. The van der Waals surface area contributed by atoms with Gasteiger partial charge in [0.25, 0.3) is 0 Å². The summed E-state index contributed by atoms with van der Waals surface area (Å²) >= 11 is 0. The summed E-state index contributed by atoms with van der Waals surface area (Å²) in [6.07, 6.45) is 0.707. The number of hydrogen-bond acceptors (Lipinski definition) is 2. The Kier molecular flexibility index (Phi) is 2.27. The molecule has 0 radical (unpaired) electrons. The molecule has 0 aromatic rings. The van der Waals surface area contributed by atoms with Crippen molar-refractivity contribution in [3.05, 3.63) is 0 Å². The molecule has 0 aromatic heterocycles. The Bertz CT molecular complexity index is 134. The number of nitrogens with one attached hydrogen (secondary N) is 1. The van der Waals surface area contributed by atoms with Gasteiger partial charge in [-0.15, -0.1) is 0 Å². The number of nitrogens with zero attached hydrogens (tertiary/aromatic N) is 1. The molecule has 1 amide bonds. The zero-order valence-electron chi connectivity index (χ0n) is 6.55. The van der Waals surface area contributed by atoms with Crippen molar-refractivity contribution in [3.63, 3.8) is 0 Å². The first kappa shape index (κ1) is 7.54. The minimum absolute atomic E-state index is 0.201. The van der Waals surface area contributed by atoms with Gasteiger partial charge in [0.05, 0.1) is 0 Å². The van der Waals surface area contributed by atoms with Crippen LogP contribution in [0.15, 0.2) is 0 Å². The summed E-state index contributed by atoms with van der Waals surface area (Å²) in [5.41, 5.74) is 0. The normalized spacial score (nSPS) is 25.5. The lowest BCUT2D eigenvalue weighted by Crippen LogP contribution is -2.23. The Labute approximate surface area is 61.4 Å². The van der Waals surface area contributed by atoms with E-state index in [-0.39, 0.29) is 5.91 Å². The number of carbonyl (C=O) groups excluding carboxylic acids is 1. The molecule has 0 unspecified atom stereocenters. The summed E-state index contributed by atoms with van der Waals surface area (Å²) < 4.78 is 0. The zero-order chi connectivity index (χ0) is 7.56. The van der Waals surface area contributed by atoms with Crippen molar-refractivity contribution in [2.45, 2.75) is 6.42 Å². The first-order valence-electron chi connectivity index (χ1n) is 3.60. The highest BCUT2D eigenvalue weighted by Gasteiger charge is 2.21. The third kappa shape index (κ3) is 1.99. The van der Waals surface area contributed by atoms with Crippen LogP contribution < -0.4 is 5.32 Å². The lowest BCUT2D eigenvalue weighted by Gasteiger charge is -2.13. The monoisotopic (exact) mass is 142 g/mol. The maximum absolute atomic E-state index is 10.7. The highest BCUT2D eigenvalue weighted by Crippen LogP contribution is 2.08. The molecule has 58 valence electrons. The fourth-order valence-electron chi connectivity index (χ4n) is 1.31. The molecule has 1 saturated heterocycles. The lowest BCUT2D eigenvalue weighted by atomic mass is 10.1. The van der Waals surface area contributed by atoms with Crippen molar-refractivity contribution in [1.82, 2.24) is 10.2 Å². The van der Waals surface area contributed by atoms with E-state index in [1.807, 2.05) is 14.1 Å². The van der Waals surface area contributed by atoms with Crippen LogP contribution in [0.5, 0.6) is 0 Å². The molecular formula is C7H14N2O. The quantitative estimate of drug-likeness (QED) is 0.573. The smallest absolute Gasteiger partial charge is 0.220 e. The first-order valence-corrected chi connectivity index (χ1v) is 3.60. The molecule has 1 N–H and O–H groups in total. The molecular weight excluding hydrogens is 128 g/mol. The molecule has 0 aromatic carbocycles. The van der Waals surface area contributed by atoms with Crippen LogP contribution in [0, 0.1) is 5.92 Å². The summed E-state index contributed by atoms with van der Waals surface area (Å²) in [6, 6.07) is 0. The first-order chi connectivity index (χ1) is 4.68. The molecule has 0 spiro atoms. The molecule has 0 aliphatic carbocycles. The molecule has 3 heteroatoms. The maximum atomic E-state index is 10.7. The Balaban J connectivity index is 2.24. The van der Waals surface area contributed by atoms with Crippen LogP contribution in [0.4, 0.5) is 0 Å². The van der Waals surface area contributed by atoms with Crippen LogP contribution in [0.25, 0.3) is 0 Å². The average Bonchev–Trinajstić information content (AvgIpc) is 2.13. The molecule has 3 nitrogen and oxygen atoms in total. The third-order valence-corrected chi connectivity index (χ3v) is 1.69. The second kappa shape index (κ2) is 3.01. The summed E-state index contributed by atoms with van der Waals surface area (Å²) in [7, 11) is 4.06. The van der Waals surface area contributed by atoms with Crippen LogP contribution in [0.1, 0.15) is 6.42 Å². The van der Waals surface area contributed by atoms with Crippen molar-refractivity contribution in [2.75, 3.05) is 27.2 Å². The minimum Gasteiger partial charge on any atom is -0.356 e. The topological polar surface area (TPSA) is 32.3 Å². The van der Waals surface area contributed by atoms with Gasteiger partial charge in [-0.1, -0.05) is 0 Å². The third-order valence-electron chi connectivity index (χ3n) is 1.69. The summed E-state index contributed by atoms with van der Waals surface area (Å²) in [4.78, 5) is 12.8. The molecule has 1 heterocycles. The second-order valence-corrected chi connectivity index (χ2v) is 3.14. The number of hydrogen-bond donors (Lipinski definition) is 1. The number of carbonyl (C=O) groups is 1. The fourth-order valence-corrected chi connectivity index (χ4v) is 1.31. The second-order valence-electron chi connectivity index (χ2n) is 3.14.